The average molecular weight is 380 g/mol. The number of hydrogen-bond donors (Lipinski definition) is 1. The molecule has 2 aromatic rings. The third kappa shape index (κ3) is 4.35. The highest BCUT2D eigenvalue weighted by molar-refractivity contribution is 5.90. The average Bonchev–Trinajstić information content (AvgIpc) is 2.72. The van der Waals surface area contributed by atoms with Crippen LogP contribution in [0.4, 0.5) is 0 Å². The number of hydrogen-bond acceptors (Lipinski definition) is 3. The van der Waals surface area contributed by atoms with Gasteiger partial charge in [0.1, 0.15) is 11.8 Å². The highest BCUT2D eigenvalue weighted by Crippen LogP contribution is 2.27. The van der Waals surface area contributed by atoms with Gasteiger partial charge in [0, 0.05) is 19.5 Å². The second-order valence-corrected chi connectivity index (χ2v) is 7.41. The zero-order valence-electron chi connectivity index (χ0n) is 16.8. The molecule has 3 rings (SSSR count). The van der Waals surface area contributed by atoms with Gasteiger partial charge in [-0.1, -0.05) is 56.3 Å². The molecule has 0 spiro atoms. The first kappa shape index (κ1) is 19.9. The number of nitrogens with zero attached hydrogens (tertiary/aromatic N) is 1. The van der Waals surface area contributed by atoms with Crippen LogP contribution in [0.2, 0.25) is 0 Å². The number of aryl methyl sites for hydroxylation is 1. The summed E-state index contributed by atoms with van der Waals surface area (Å²) in [5.74, 6) is 1.08. The number of amides is 2. The molecule has 0 aliphatic carbocycles. The highest BCUT2D eigenvalue weighted by Gasteiger charge is 2.34. The van der Waals surface area contributed by atoms with E-state index in [-0.39, 0.29) is 11.8 Å². The van der Waals surface area contributed by atoms with E-state index in [0.717, 1.165) is 16.9 Å². The number of carbonyl (C=O) groups excluding carboxylic acids is 2. The molecular weight excluding hydrogens is 352 g/mol. The summed E-state index contributed by atoms with van der Waals surface area (Å²) in [6, 6.07) is 15.2. The van der Waals surface area contributed by atoms with Crippen LogP contribution in [0.1, 0.15) is 48.9 Å². The van der Waals surface area contributed by atoms with Crippen LogP contribution in [-0.4, -0.2) is 36.9 Å². The maximum Gasteiger partial charge on any atom is 0.247 e. The largest absolute Gasteiger partial charge is 0.496 e. The van der Waals surface area contributed by atoms with Gasteiger partial charge >= 0.3 is 0 Å². The molecule has 2 amide bonds. The van der Waals surface area contributed by atoms with Gasteiger partial charge in [-0.15, -0.1) is 0 Å². The molecule has 1 aliphatic rings. The van der Waals surface area contributed by atoms with E-state index in [0.29, 0.717) is 31.8 Å². The molecule has 0 saturated carbocycles. The normalized spacial score (nSPS) is 16.8. The van der Waals surface area contributed by atoms with Crippen LogP contribution in [-0.2, 0) is 16.0 Å². The lowest BCUT2D eigenvalue weighted by atomic mass is 9.96. The van der Waals surface area contributed by atoms with E-state index in [1.807, 2.05) is 48.5 Å². The van der Waals surface area contributed by atoms with Crippen molar-refractivity contribution < 1.29 is 14.3 Å². The molecule has 0 bridgehead atoms. The molecule has 148 valence electrons. The van der Waals surface area contributed by atoms with Crippen LogP contribution in [0.3, 0.4) is 0 Å². The van der Waals surface area contributed by atoms with E-state index in [2.05, 4.69) is 19.2 Å². The molecule has 1 heterocycles. The second kappa shape index (κ2) is 8.91. The van der Waals surface area contributed by atoms with Crippen LogP contribution >= 0.6 is 0 Å². The Labute approximate surface area is 166 Å². The molecule has 1 fully saturated rings. The molecule has 1 atom stereocenters. The third-order valence-corrected chi connectivity index (χ3v) is 5.25. The van der Waals surface area contributed by atoms with Gasteiger partial charge in [-0.05, 0) is 35.1 Å². The Morgan fingerprint density at radius 2 is 1.89 bits per heavy atom. The van der Waals surface area contributed by atoms with Crippen LogP contribution in [0.15, 0.2) is 48.5 Å². The quantitative estimate of drug-likeness (QED) is 0.835. The van der Waals surface area contributed by atoms with E-state index < -0.39 is 6.04 Å². The van der Waals surface area contributed by atoms with Crippen LogP contribution < -0.4 is 10.1 Å². The third-order valence-electron chi connectivity index (χ3n) is 5.25. The lowest BCUT2D eigenvalue weighted by molar-refractivity contribution is -0.143. The molecule has 0 aromatic heterocycles. The number of para-hydroxylation sites is 1. The predicted molar refractivity (Wildman–Crippen MR) is 109 cm³/mol. The minimum absolute atomic E-state index is 0.0151. The van der Waals surface area contributed by atoms with Crippen molar-refractivity contribution in [1.82, 2.24) is 10.2 Å². The monoisotopic (exact) mass is 380 g/mol. The molecule has 5 nitrogen and oxygen atoms in total. The summed E-state index contributed by atoms with van der Waals surface area (Å²) in [6.45, 7) is 5.28. The maximum absolute atomic E-state index is 13.0. The minimum Gasteiger partial charge on any atom is -0.496 e. The van der Waals surface area contributed by atoms with Crippen molar-refractivity contribution in [2.45, 2.75) is 38.6 Å². The van der Waals surface area contributed by atoms with Crippen LogP contribution in [0.25, 0.3) is 0 Å². The van der Waals surface area contributed by atoms with E-state index in [4.69, 9.17) is 4.74 Å². The zero-order valence-corrected chi connectivity index (χ0v) is 16.8. The van der Waals surface area contributed by atoms with Crippen molar-refractivity contribution in [1.29, 1.82) is 0 Å². The zero-order chi connectivity index (χ0) is 20.1. The van der Waals surface area contributed by atoms with Crippen molar-refractivity contribution >= 4 is 11.8 Å². The fourth-order valence-electron chi connectivity index (χ4n) is 3.62. The van der Waals surface area contributed by atoms with E-state index in [9.17, 15) is 9.59 Å². The van der Waals surface area contributed by atoms with E-state index in [1.165, 1.54) is 5.56 Å². The standard InChI is InChI=1S/C23H28N2O3/c1-16(2)17-8-10-19(11-9-17)22-23(27)24-14-15-25(22)21(26)13-12-18-6-4-5-7-20(18)28-3/h4-11,16,22H,12-15H2,1-3H3,(H,24,27). The summed E-state index contributed by atoms with van der Waals surface area (Å²) in [5.41, 5.74) is 3.07. The number of carbonyl (C=O) groups is 2. The first-order valence-electron chi connectivity index (χ1n) is 9.80. The first-order valence-corrected chi connectivity index (χ1v) is 9.80. The van der Waals surface area contributed by atoms with Crippen LogP contribution in [0.5, 0.6) is 5.75 Å². The van der Waals surface area contributed by atoms with Gasteiger partial charge < -0.3 is 15.0 Å². The van der Waals surface area contributed by atoms with Gasteiger partial charge in [-0.25, -0.2) is 0 Å². The Morgan fingerprint density at radius 3 is 2.57 bits per heavy atom. The van der Waals surface area contributed by atoms with Gasteiger partial charge in [0.05, 0.1) is 7.11 Å². The smallest absolute Gasteiger partial charge is 0.247 e. The summed E-state index contributed by atoms with van der Waals surface area (Å²) in [5, 5.41) is 2.89. The first-order chi connectivity index (χ1) is 13.5. The molecule has 1 unspecified atom stereocenters. The summed E-state index contributed by atoms with van der Waals surface area (Å²) in [4.78, 5) is 27.3. The Morgan fingerprint density at radius 1 is 1.18 bits per heavy atom. The maximum atomic E-state index is 13.0. The molecular formula is C23H28N2O3. The number of ether oxygens (including phenoxy) is 1. The lowest BCUT2D eigenvalue weighted by Gasteiger charge is -2.35. The SMILES string of the molecule is COc1ccccc1CCC(=O)N1CCNC(=O)C1c1ccc(C(C)C)cc1. The topological polar surface area (TPSA) is 58.6 Å². The lowest BCUT2D eigenvalue weighted by Crippen LogP contribution is -2.52. The Bertz CT molecular complexity index is 830. The molecule has 0 radical (unpaired) electrons. The van der Waals surface area contributed by atoms with Gasteiger partial charge in [-0.3, -0.25) is 9.59 Å². The Hall–Kier alpha value is -2.82. The van der Waals surface area contributed by atoms with Crippen molar-refractivity contribution in [3.05, 3.63) is 65.2 Å². The van der Waals surface area contributed by atoms with Gasteiger partial charge in [-0.2, -0.15) is 0 Å². The van der Waals surface area contributed by atoms with Crippen molar-refractivity contribution in [2.75, 3.05) is 20.2 Å². The fourth-order valence-corrected chi connectivity index (χ4v) is 3.62. The second-order valence-electron chi connectivity index (χ2n) is 7.41. The van der Waals surface area contributed by atoms with Crippen molar-refractivity contribution in [2.24, 2.45) is 0 Å². The van der Waals surface area contributed by atoms with Gasteiger partial charge in [0.2, 0.25) is 11.8 Å². The van der Waals surface area contributed by atoms with Crippen LogP contribution in [0, 0.1) is 0 Å². The fraction of sp³-hybridized carbons (Fsp3) is 0.391. The molecule has 1 aliphatic heterocycles. The predicted octanol–water partition coefficient (Wildman–Crippen LogP) is 3.45. The molecule has 5 heteroatoms. The molecule has 1 N–H and O–H groups in total. The molecule has 2 aromatic carbocycles. The van der Waals surface area contributed by atoms with Gasteiger partial charge in [0.15, 0.2) is 0 Å². The minimum atomic E-state index is -0.569. The number of methoxy groups -OCH3 is 1. The van der Waals surface area contributed by atoms with E-state index in [1.54, 1.807) is 12.0 Å². The number of nitrogens with one attached hydrogen (secondary N) is 1. The van der Waals surface area contributed by atoms with Crippen molar-refractivity contribution in [3.63, 3.8) is 0 Å². The number of piperazine rings is 1. The van der Waals surface area contributed by atoms with Gasteiger partial charge in [0.25, 0.3) is 0 Å². The Kier molecular flexibility index (Phi) is 6.34. The number of rotatable bonds is 6. The van der Waals surface area contributed by atoms with E-state index >= 15 is 0 Å². The number of benzene rings is 2. The highest BCUT2D eigenvalue weighted by atomic mass is 16.5. The summed E-state index contributed by atoms with van der Waals surface area (Å²) < 4.78 is 5.37. The summed E-state index contributed by atoms with van der Waals surface area (Å²) in [6.07, 6.45) is 0.925. The van der Waals surface area contributed by atoms with Crippen molar-refractivity contribution in [3.8, 4) is 5.75 Å². The summed E-state index contributed by atoms with van der Waals surface area (Å²) >= 11 is 0. The Balaban J connectivity index is 1.76. The molecule has 28 heavy (non-hydrogen) atoms. The molecule has 1 saturated heterocycles. The summed E-state index contributed by atoms with van der Waals surface area (Å²) in [7, 11) is 1.63.